The normalized spacial score (nSPS) is 10.6. The number of aromatic nitrogens is 1. The number of carbonyl (C=O) groups is 1. The van der Waals surface area contributed by atoms with Crippen LogP contribution < -0.4 is 14.4 Å². The van der Waals surface area contributed by atoms with Gasteiger partial charge in [-0.3, -0.25) is 9.69 Å². The van der Waals surface area contributed by atoms with Crippen LogP contribution in [0.2, 0.25) is 0 Å². The third-order valence-electron chi connectivity index (χ3n) is 4.64. The highest BCUT2D eigenvalue weighted by Gasteiger charge is 2.18. The number of benzene rings is 2. The van der Waals surface area contributed by atoms with Crippen molar-refractivity contribution in [2.24, 2.45) is 0 Å². The molecule has 5 nitrogen and oxygen atoms in total. The first-order valence-electron chi connectivity index (χ1n) is 9.64. The smallest absolute Gasteiger partial charge is 0.266 e. The number of rotatable bonds is 8. The van der Waals surface area contributed by atoms with Crippen LogP contribution in [0.1, 0.15) is 30.9 Å². The largest absolute Gasteiger partial charge is 0.497 e. The van der Waals surface area contributed by atoms with Gasteiger partial charge in [-0.15, -0.1) is 0 Å². The van der Waals surface area contributed by atoms with E-state index in [2.05, 4.69) is 43.1 Å². The van der Waals surface area contributed by atoms with Crippen LogP contribution in [0.3, 0.4) is 0 Å². The molecule has 0 unspecified atom stereocenters. The lowest BCUT2D eigenvalue weighted by Gasteiger charge is -2.22. The van der Waals surface area contributed by atoms with E-state index < -0.39 is 0 Å². The molecule has 3 rings (SSSR count). The number of ether oxygens (including phenoxy) is 2. The zero-order valence-corrected chi connectivity index (χ0v) is 17.0. The molecule has 1 amide bonds. The second-order valence-corrected chi connectivity index (χ2v) is 7.03. The van der Waals surface area contributed by atoms with Crippen molar-refractivity contribution in [2.45, 2.75) is 26.3 Å². The number of hydrogen-bond acceptors (Lipinski definition) is 4. The van der Waals surface area contributed by atoms with Crippen LogP contribution in [0.25, 0.3) is 0 Å². The molecule has 1 heterocycles. The van der Waals surface area contributed by atoms with Gasteiger partial charge < -0.3 is 9.47 Å². The Bertz CT molecular complexity index is 907. The molecule has 1 aromatic heterocycles. The van der Waals surface area contributed by atoms with Gasteiger partial charge in [0.25, 0.3) is 5.91 Å². The second kappa shape index (κ2) is 9.73. The van der Waals surface area contributed by atoms with Gasteiger partial charge in [0.15, 0.2) is 6.61 Å². The number of anilines is 1. The Labute approximate surface area is 171 Å². The van der Waals surface area contributed by atoms with E-state index in [1.54, 1.807) is 42.5 Å². The quantitative estimate of drug-likeness (QED) is 0.553. The third-order valence-corrected chi connectivity index (χ3v) is 4.64. The lowest BCUT2D eigenvalue weighted by atomic mass is 10.0. The summed E-state index contributed by atoms with van der Waals surface area (Å²) in [6, 6.07) is 21.0. The maximum atomic E-state index is 13.0. The van der Waals surface area contributed by atoms with E-state index >= 15 is 0 Å². The summed E-state index contributed by atoms with van der Waals surface area (Å²) in [7, 11) is 1.61. The van der Waals surface area contributed by atoms with Gasteiger partial charge in [0.2, 0.25) is 0 Å². The Balaban J connectivity index is 1.73. The highest BCUT2D eigenvalue weighted by molar-refractivity contribution is 5.93. The maximum absolute atomic E-state index is 13.0. The molecule has 0 radical (unpaired) electrons. The molecule has 0 aliphatic carbocycles. The standard InChI is InChI=1S/C24H26N2O3/c1-18(2)20-9-7-19(8-10-20)16-26(23-6-4-5-15-25-23)24(27)17-29-22-13-11-21(28-3)12-14-22/h4-15,18H,16-17H2,1-3H3. The summed E-state index contributed by atoms with van der Waals surface area (Å²) in [4.78, 5) is 19.0. The van der Waals surface area contributed by atoms with Gasteiger partial charge in [0.05, 0.1) is 13.7 Å². The highest BCUT2D eigenvalue weighted by atomic mass is 16.5. The van der Waals surface area contributed by atoms with Crippen LogP contribution in [0, 0.1) is 0 Å². The number of carbonyl (C=O) groups excluding carboxylic acids is 1. The molecular formula is C24H26N2O3. The number of amides is 1. The lowest BCUT2D eigenvalue weighted by molar-refractivity contribution is -0.120. The Morgan fingerprint density at radius 3 is 2.24 bits per heavy atom. The summed E-state index contributed by atoms with van der Waals surface area (Å²) in [5, 5.41) is 0. The molecule has 0 atom stereocenters. The van der Waals surface area contributed by atoms with Crippen molar-refractivity contribution in [1.29, 1.82) is 0 Å². The van der Waals surface area contributed by atoms with E-state index in [1.807, 2.05) is 18.2 Å². The van der Waals surface area contributed by atoms with Crippen molar-refractivity contribution >= 4 is 11.7 Å². The van der Waals surface area contributed by atoms with Gasteiger partial charge in [-0.2, -0.15) is 0 Å². The van der Waals surface area contributed by atoms with Crippen molar-refractivity contribution in [3.05, 3.63) is 84.1 Å². The molecule has 3 aromatic rings. The molecule has 0 fully saturated rings. The van der Waals surface area contributed by atoms with Crippen LogP contribution in [0.15, 0.2) is 72.9 Å². The Kier molecular flexibility index (Phi) is 6.85. The van der Waals surface area contributed by atoms with Gasteiger partial charge in [-0.25, -0.2) is 4.98 Å². The summed E-state index contributed by atoms with van der Waals surface area (Å²) < 4.78 is 10.8. The summed E-state index contributed by atoms with van der Waals surface area (Å²) in [5.74, 6) is 2.26. The number of hydrogen-bond donors (Lipinski definition) is 0. The monoisotopic (exact) mass is 390 g/mol. The van der Waals surface area contributed by atoms with Crippen molar-refractivity contribution in [2.75, 3.05) is 18.6 Å². The minimum absolute atomic E-state index is 0.0764. The molecule has 0 saturated carbocycles. The van der Waals surface area contributed by atoms with Crippen molar-refractivity contribution in [1.82, 2.24) is 4.98 Å². The Morgan fingerprint density at radius 1 is 0.966 bits per heavy atom. The minimum Gasteiger partial charge on any atom is -0.497 e. The van der Waals surface area contributed by atoms with Gasteiger partial charge in [-0.1, -0.05) is 44.2 Å². The molecule has 0 aliphatic heterocycles. The Morgan fingerprint density at radius 2 is 1.66 bits per heavy atom. The first kappa shape index (κ1) is 20.4. The van der Waals surface area contributed by atoms with E-state index in [0.29, 0.717) is 24.0 Å². The second-order valence-electron chi connectivity index (χ2n) is 7.03. The topological polar surface area (TPSA) is 51.7 Å². The van der Waals surface area contributed by atoms with Crippen molar-refractivity contribution in [3.63, 3.8) is 0 Å². The Hall–Kier alpha value is -3.34. The van der Waals surface area contributed by atoms with Gasteiger partial charge in [0, 0.05) is 6.20 Å². The van der Waals surface area contributed by atoms with Crippen LogP contribution in [0.5, 0.6) is 11.5 Å². The van der Waals surface area contributed by atoms with E-state index in [9.17, 15) is 4.79 Å². The van der Waals surface area contributed by atoms with E-state index in [4.69, 9.17) is 9.47 Å². The fraction of sp³-hybridized carbons (Fsp3) is 0.250. The molecule has 29 heavy (non-hydrogen) atoms. The molecule has 150 valence electrons. The van der Waals surface area contributed by atoms with E-state index in [0.717, 1.165) is 11.3 Å². The molecular weight excluding hydrogens is 364 g/mol. The van der Waals surface area contributed by atoms with Crippen molar-refractivity contribution < 1.29 is 14.3 Å². The molecule has 0 aliphatic rings. The lowest BCUT2D eigenvalue weighted by Crippen LogP contribution is -2.35. The van der Waals surface area contributed by atoms with E-state index in [-0.39, 0.29) is 12.5 Å². The first-order valence-corrected chi connectivity index (χ1v) is 9.64. The van der Waals surface area contributed by atoms with Gasteiger partial charge in [-0.05, 0) is 53.4 Å². The van der Waals surface area contributed by atoms with Gasteiger partial charge in [0.1, 0.15) is 17.3 Å². The molecule has 2 aromatic carbocycles. The van der Waals surface area contributed by atoms with Crippen LogP contribution in [-0.4, -0.2) is 24.6 Å². The fourth-order valence-corrected chi connectivity index (χ4v) is 2.90. The van der Waals surface area contributed by atoms with Crippen LogP contribution in [-0.2, 0) is 11.3 Å². The minimum atomic E-state index is -0.160. The zero-order chi connectivity index (χ0) is 20.6. The summed E-state index contributed by atoms with van der Waals surface area (Å²) in [5.41, 5.74) is 2.31. The summed E-state index contributed by atoms with van der Waals surface area (Å²) in [6.45, 7) is 4.68. The summed E-state index contributed by atoms with van der Waals surface area (Å²) >= 11 is 0. The third kappa shape index (κ3) is 5.57. The van der Waals surface area contributed by atoms with Gasteiger partial charge >= 0.3 is 0 Å². The fourth-order valence-electron chi connectivity index (χ4n) is 2.90. The SMILES string of the molecule is COc1ccc(OCC(=O)N(Cc2ccc(C(C)C)cc2)c2ccccn2)cc1. The van der Waals surface area contributed by atoms with Crippen molar-refractivity contribution in [3.8, 4) is 11.5 Å². The van der Waals surface area contributed by atoms with E-state index in [1.165, 1.54) is 5.56 Å². The molecule has 0 saturated heterocycles. The zero-order valence-electron chi connectivity index (χ0n) is 17.0. The first-order chi connectivity index (χ1) is 14.1. The maximum Gasteiger partial charge on any atom is 0.266 e. The molecule has 0 N–H and O–H groups in total. The molecule has 5 heteroatoms. The molecule has 0 spiro atoms. The summed E-state index contributed by atoms with van der Waals surface area (Å²) in [6.07, 6.45) is 1.68. The average Bonchev–Trinajstić information content (AvgIpc) is 2.77. The highest BCUT2D eigenvalue weighted by Crippen LogP contribution is 2.20. The predicted molar refractivity (Wildman–Crippen MR) is 114 cm³/mol. The molecule has 0 bridgehead atoms. The van der Waals surface area contributed by atoms with Crippen LogP contribution in [0.4, 0.5) is 5.82 Å². The number of pyridine rings is 1. The number of nitrogens with zero attached hydrogens (tertiary/aromatic N) is 2. The number of methoxy groups -OCH3 is 1. The predicted octanol–water partition coefficient (Wildman–Crippen LogP) is 4.83. The van der Waals surface area contributed by atoms with Crippen LogP contribution >= 0.6 is 0 Å². The average molecular weight is 390 g/mol.